The van der Waals surface area contributed by atoms with Gasteiger partial charge in [-0.1, -0.05) is 12.8 Å². The van der Waals surface area contributed by atoms with Crippen LogP contribution in [0.15, 0.2) is 22.9 Å². The number of rotatable bonds is 4. The summed E-state index contributed by atoms with van der Waals surface area (Å²) in [5.74, 6) is 1.86. The lowest BCUT2D eigenvalue weighted by Crippen LogP contribution is -2.16. The van der Waals surface area contributed by atoms with Crippen LogP contribution in [0.1, 0.15) is 26.2 Å². The van der Waals surface area contributed by atoms with Crippen molar-refractivity contribution in [2.45, 2.75) is 32.2 Å². The zero-order valence-corrected chi connectivity index (χ0v) is 11.3. The Hall–Kier alpha value is -1.10. The van der Waals surface area contributed by atoms with Crippen molar-refractivity contribution in [3.8, 4) is 0 Å². The van der Waals surface area contributed by atoms with E-state index in [9.17, 15) is 0 Å². The van der Waals surface area contributed by atoms with Crippen LogP contribution in [0.2, 0.25) is 0 Å². The second-order valence-electron chi connectivity index (χ2n) is 4.80. The Kier molecular flexibility index (Phi) is 2.78. The third-order valence-electron chi connectivity index (χ3n) is 3.10. The van der Waals surface area contributed by atoms with Crippen LogP contribution in [-0.2, 0) is 0 Å². The Morgan fingerprint density at radius 1 is 1.59 bits per heavy atom. The number of nitrogens with zero attached hydrogens (tertiary/aromatic N) is 3. The molecular weight excluding hydrogens is 280 g/mol. The number of anilines is 1. The van der Waals surface area contributed by atoms with Crippen LogP contribution in [0.4, 0.5) is 5.82 Å². The van der Waals surface area contributed by atoms with E-state index in [-0.39, 0.29) is 0 Å². The van der Waals surface area contributed by atoms with Gasteiger partial charge >= 0.3 is 0 Å². The highest BCUT2D eigenvalue weighted by atomic mass is 79.9. The van der Waals surface area contributed by atoms with Crippen molar-refractivity contribution >= 4 is 27.4 Å². The average Bonchev–Trinajstić information content (AvgIpc) is 3.03. The first-order chi connectivity index (χ1) is 8.22. The molecule has 0 amide bonds. The van der Waals surface area contributed by atoms with Gasteiger partial charge in [-0.3, -0.25) is 0 Å². The van der Waals surface area contributed by atoms with Gasteiger partial charge in [-0.25, -0.2) is 9.50 Å². The third kappa shape index (κ3) is 2.44. The Bertz CT molecular complexity index is 532. The van der Waals surface area contributed by atoms with Crippen molar-refractivity contribution in [2.24, 2.45) is 5.92 Å². The van der Waals surface area contributed by atoms with Crippen molar-refractivity contribution < 1.29 is 0 Å². The Morgan fingerprint density at radius 3 is 3.18 bits per heavy atom. The minimum absolute atomic E-state index is 0.485. The van der Waals surface area contributed by atoms with Crippen molar-refractivity contribution in [3.05, 3.63) is 22.9 Å². The van der Waals surface area contributed by atoms with Crippen molar-refractivity contribution in [1.29, 1.82) is 0 Å². The lowest BCUT2D eigenvalue weighted by molar-refractivity contribution is 0.640. The van der Waals surface area contributed by atoms with E-state index in [0.29, 0.717) is 6.04 Å². The number of nitrogens with one attached hydrogen (secondary N) is 1. The molecule has 1 N–H and O–H groups in total. The van der Waals surface area contributed by atoms with E-state index in [2.05, 4.69) is 38.3 Å². The molecular formula is C12H15BrN4. The monoisotopic (exact) mass is 294 g/mol. The Labute approximate surface area is 109 Å². The highest BCUT2D eigenvalue weighted by molar-refractivity contribution is 9.10. The highest BCUT2D eigenvalue weighted by Crippen LogP contribution is 2.34. The van der Waals surface area contributed by atoms with E-state index < -0.39 is 0 Å². The maximum atomic E-state index is 4.54. The van der Waals surface area contributed by atoms with Crippen LogP contribution in [0.25, 0.3) is 5.65 Å². The summed E-state index contributed by atoms with van der Waals surface area (Å²) in [4.78, 5) is 4.54. The van der Waals surface area contributed by atoms with Gasteiger partial charge in [0, 0.05) is 12.2 Å². The van der Waals surface area contributed by atoms with Gasteiger partial charge in [0.05, 0.1) is 10.7 Å². The van der Waals surface area contributed by atoms with Crippen LogP contribution in [0.3, 0.4) is 0 Å². The second kappa shape index (κ2) is 4.29. The van der Waals surface area contributed by atoms with Crippen LogP contribution in [0, 0.1) is 5.92 Å². The molecule has 1 aliphatic carbocycles. The van der Waals surface area contributed by atoms with Gasteiger partial charge in [0.1, 0.15) is 5.82 Å². The molecule has 4 nitrogen and oxygen atoms in total. The molecule has 0 aromatic carbocycles. The summed E-state index contributed by atoms with van der Waals surface area (Å²) in [5.41, 5.74) is 0.855. The summed E-state index contributed by atoms with van der Waals surface area (Å²) in [5, 5.41) is 7.63. The standard InChI is InChI=1S/C12H15BrN4/c1-8(6-9-2-3-9)15-11-4-5-17-12(16-11)10(13)7-14-17/h4-5,7-9H,2-3,6H2,1H3,(H,15,16)/t8-/m0/s1. The van der Waals surface area contributed by atoms with Crippen molar-refractivity contribution in [3.63, 3.8) is 0 Å². The smallest absolute Gasteiger partial charge is 0.171 e. The molecule has 2 heterocycles. The number of hydrogen-bond donors (Lipinski definition) is 1. The highest BCUT2D eigenvalue weighted by Gasteiger charge is 2.23. The molecule has 1 aliphatic rings. The molecule has 2 aromatic heterocycles. The van der Waals surface area contributed by atoms with E-state index in [4.69, 9.17) is 0 Å². The third-order valence-corrected chi connectivity index (χ3v) is 3.66. The maximum Gasteiger partial charge on any atom is 0.171 e. The molecule has 0 saturated heterocycles. The summed E-state index contributed by atoms with van der Waals surface area (Å²) >= 11 is 3.44. The summed E-state index contributed by atoms with van der Waals surface area (Å²) < 4.78 is 2.69. The molecule has 2 aromatic rings. The van der Waals surface area contributed by atoms with Gasteiger partial charge in [0.15, 0.2) is 5.65 Å². The molecule has 0 bridgehead atoms. The van der Waals surface area contributed by atoms with Crippen LogP contribution in [0.5, 0.6) is 0 Å². The maximum absolute atomic E-state index is 4.54. The fourth-order valence-corrected chi connectivity index (χ4v) is 2.45. The van der Waals surface area contributed by atoms with Gasteiger partial charge in [0.2, 0.25) is 0 Å². The van der Waals surface area contributed by atoms with Gasteiger partial charge in [0.25, 0.3) is 0 Å². The minimum atomic E-state index is 0.485. The average molecular weight is 295 g/mol. The predicted molar refractivity (Wildman–Crippen MR) is 71.1 cm³/mol. The number of halogens is 1. The van der Waals surface area contributed by atoms with E-state index in [1.165, 1.54) is 19.3 Å². The first-order valence-corrected chi connectivity index (χ1v) is 6.78. The predicted octanol–water partition coefficient (Wildman–Crippen LogP) is 3.09. The summed E-state index contributed by atoms with van der Waals surface area (Å²) in [6, 6.07) is 2.45. The largest absolute Gasteiger partial charge is 0.367 e. The molecule has 5 heteroatoms. The number of aromatic nitrogens is 3. The van der Waals surface area contributed by atoms with Crippen molar-refractivity contribution in [2.75, 3.05) is 5.32 Å². The minimum Gasteiger partial charge on any atom is -0.367 e. The van der Waals surface area contributed by atoms with E-state index >= 15 is 0 Å². The molecule has 3 rings (SSSR count). The second-order valence-corrected chi connectivity index (χ2v) is 5.65. The molecule has 0 aliphatic heterocycles. The van der Waals surface area contributed by atoms with Crippen LogP contribution in [-0.4, -0.2) is 20.6 Å². The molecule has 1 fully saturated rings. The quantitative estimate of drug-likeness (QED) is 0.942. The summed E-state index contributed by atoms with van der Waals surface area (Å²) in [7, 11) is 0. The zero-order chi connectivity index (χ0) is 11.8. The summed E-state index contributed by atoms with van der Waals surface area (Å²) in [6.07, 6.45) is 7.73. The molecule has 17 heavy (non-hydrogen) atoms. The molecule has 0 unspecified atom stereocenters. The van der Waals surface area contributed by atoms with Crippen molar-refractivity contribution in [1.82, 2.24) is 14.6 Å². The Morgan fingerprint density at radius 2 is 2.41 bits per heavy atom. The lowest BCUT2D eigenvalue weighted by Gasteiger charge is -2.13. The SMILES string of the molecule is C[C@@H](CC1CC1)Nc1ccn2ncc(Br)c2n1. The molecule has 0 radical (unpaired) electrons. The first-order valence-electron chi connectivity index (χ1n) is 5.99. The fraction of sp³-hybridized carbons (Fsp3) is 0.500. The lowest BCUT2D eigenvalue weighted by atomic mass is 10.1. The van der Waals surface area contributed by atoms with Crippen LogP contribution >= 0.6 is 15.9 Å². The Balaban J connectivity index is 1.77. The summed E-state index contributed by atoms with van der Waals surface area (Å²) in [6.45, 7) is 2.22. The zero-order valence-electron chi connectivity index (χ0n) is 9.73. The molecule has 90 valence electrons. The fourth-order valence-electron chi connectivity index (χ4n) is 2.09. The van der Waals surface area contributed by atoms with Crippen LogP contribution < -0.4 is 5.32 Å². The van der Waals surface area contributed by atoms with Gasteiger partial charge in [-0.15, -0.1) is 0 Å². The number of fused-ring (bicyclic) bond motifs is 1. The normalized spacial score (nSPS) is 17.3. The van der Waals surface area contributed by atoms with Gasteiger partial charge in [-0.2, -0.15) is 5.10 Å². The van der Waals surface area contributed by atoms with Gasteiger partial charge in [-0.05, 0) is 41.3 Å². The van der Waals surface area contributed by atoms with E-state index in [1.807, 2.05) is 12.3 Å². The molecule has 0 spiro atoms. The van der Waals surface area contributed by atoms with E-state index in [0.717, 1.165) is 21.9 Å². The topological polar surface area (TPSA) is 42.2 Å². The van der Waals surface area contributed by atoms with Gasteiger partial charge < -0.3 is 5.32 Å². The first kappa shape index (κ1) is 11.0. The number of hydrogen-bond acceptors (Lipinski definition) is 3. The molecule has 1 saturated carbocycles. The molecule has 1 atom stereocenters. The van der Waals surface area contributed by atoms with E-state index in [1.54, 1.807) is 10.7 Å².